The van der Waals surface area contributed by atoms with Crippen molar-refractivity contribution in [2.24, 2.45) is 0 Å². The maximum atomic E-state index is 12.9. The van der Waals surface area contributed by atoms with Crippen LogP contribution in [0.2, 0.25) is 0 Å². The number of halogens is 4. The number of aromatic hydroxyl groups is 1. The maximum Gasteiger partial charge on any atom is 0.418 e. The molecular weight excluding hydrogens is 226 g/mol. The first-order valence-corrected chi connectivity index (χ1v) is 4.23. The van der Waals surface area contributed by atoms with Gasteiger partial charge < -0.3 is 5.11 Å². The van der Waals surface area contributed by atoms with E-state index in [2.05, 4.69) is 4.98 Å². The lowest BCUT2D eigenvalue weighted by molar-refractivity contribution is -0.136. The van der Waals surface area contributed by atoms with Gasteiger partial charge in [-0.15, -0.1) is 0 Å². The molecule has 0 unspecified atom stereocenters. The minimum Gasteiger partial charge on any atom is -0.506 e. The summed E-state index contributed by atoms with van der Waals surface area (Å²) in [4.78, 5) is 3.45. The van der Waals surface area contributed by atoms with E-state index in [0.29, 0.717) is 6.07 Å². The first-order valence-electron chi connectivity index (χ1n) is 4.23. The zero-order valence-electron chi connectivity index (χ0n) is 7.72. The molecule has 16 heavy (non-hydrogen) atoms. The minimum atomic E-state index is -4.68. The van der Waals surface area contributed by atoms with Crippen molar-refractivity contribution in [1.82, 2.24) is 4.98 Å². The van der Waals surface area contributed by atoms with Gasteiger partial charge in [0.05, 0.1) is 17.3 Å². The van der Waals surface area contributed by atoms with Crippen LogP contribution in [0.15, 0.2) is 24.4 Å². The number of alkyl halides is 3. The molecule has 0 saturated carbocycles. The summed E-state index contributed by atoms with van der Waals surface area (Å²) in [6, 6.07) is 2.30. The summed E-state index contributed by atoms with van der Waals surface area (Å²) in [5.74, 6) is -1.33. The average Bonchev–Trinajstić information content (AvgIpc) is 2.14. The number of aromatic nitrogens is 1. The zero-order valence-corrected chi connectivity index (χ0v) is 7.72. The summed E-state index contributed by atoms with van der Waals surface area (Å²) in [5, 5.41) is 8.96. The van der Waals surface area contributed by atoms with E-state index in [9.17, 15) is 17.6 Å². The molecule has 0 spiro atoms. The van der Waals surface area contributed by atoms with Crippen LogP contribution >= 0.6 is 0 Å². The van der Waals surface area contributed by atoms with Gasteiger partial charge in [0.1, 0.15) is 11.6 Å². The molecule has 1 heterocycles. The summed E-state index contributed by atoms with van der Waals surface area (Å²) in [6.07, 6.45) is -3.79. The molecule has 0 amide bonds. The van der Waals surface area contributed by atoms with E-state index in [0.717, 1.165) is 18.3 Å². The molecule has 0 bridgehead atoms. The maximum absolute atomic E-state index is 12.9. The lowest BCUT2D eigenvalue weighted by Crippen LogP contribution is -2.07. The molecule has 6 heteroatoms. The lowest BCUT2D eigenvalue weighted by Gasteiger charge is -2.09. The quantitative estimate of drug-likeness (QED) is 0.706. The van der Waals surface area contributed by atoms with Crippen LogP contribution in [-0.4, -0.2) is 10.1 Å². The Morgan fingerprint density at radius 1 is 1.12 bits per heavy atom. The van der Waals surface area contributed by atoms with Gasteiger partial charge in [0.25, 0.3) is 0 Å². The van der Waals surface area contributed by atoms with Crippen LogP contribution in [0.5, 0.6) is 5.75 Å². The van der Waals surface area contributed by atoms with Gasteiger partial charge in [0.15, 0.2) is 0 Å². The fourth-order valence-electron chi connectivity index (χ4n) is 1.42. The largest absolute Gasteiger partial charge is 0.506 e. The molecule has 0 atom stereocenters. The van der Waals surface area contributed by atoms with E-state index in [1.54, 1.807) is 0 Å². The average molecular weight is 231 g/mol. The molecule has 0 saturated heterocycles. The Morgan fingerprint density at radius 2 is 1.81 bits per heavy atom. The van der Waals surface area contributed by atoms with Crippen LogP contribution in [0.3, 0.4) is 0 Å². The van der Waals surface area contributed by atoms with Crippen molar-refractivity contribution in [3.05, 3.63) is 35.8 Å². The van der Waals surface area contributed by atoms with Crippen molar-refractivity contribution in [1.29, 1.82) is 0 Å². The first-order chi connectivity index (χ1) is 7.38. The topological polar surface area (TPSA) is 33.1 Å². The van der Waals surface area contributed by atoms with Gasteiger partial charge in [0.2, 0.25) is 0 Å². The fraction of sp³-hybridized carbons (Fsp3) is 0.100. The van der Waals surface area contributed by atoms with Crippen LogP contribution in [-0.2, 0) is 6.18 Å². The minimum absolute atomic E-state index is 0.0904. The molecule has 2 nitrogen and oxygen atoms in total. The van der Waals surface area contributed by atoms with Crippen molar-refractivity contribution in [3.63, 3.8) is 0 Å². The standard InChI is InChI=1S/C10H5F4NO/c11-6-1-5-2-7(16)4-15-9(5)8(3-6)10(12,13)14/h1-4,16H. The van der Waals surface area contributed by atoms with Gasteiger partial charge in [-0.05, 0) is 18.2 Å². The van der Waals surface area contributed by atoms with Gasteiger partial charge in [-0.3, -0.25) is 4.98 Å². The highest BCUT2D eigenvalue weighted by Crippen LogP contribution is 2.35. The van der Waals surface area contributed by atoms with Gasteiger partial charge in [-0.25, -0.2) is 4.39 Å². The molecule has 0 aliphatic carbocycles. The fourth-order valence-corrected chi connectivity index (χ4v) is 1.42. The first kappa shape index (κ1) is 10.7. The molecule has 0 radical (unpaired) electrons. The second-order valence-corrected chi connectivity index (χ2v) is 3.22. The van der Waals surface area contributed by atoms with Crippen LogP contribution in [0.4, 0.5) is 17.6 Å². The summed E-state index contributed by atoms with van der Waals surface area (Å²) >= 11 is 0. The van der Waals surface area contributed by atoms with Gasteiger partial charge >= 0.3 is 6.18 Å². The molecule has 0 aliphatic rings. The predicted octanol–water partition coefficient (Wildman–Crippen LogP) is 3.10. The highest BCUT2D eigenvalue weighted by atomic mass is 19.4. The van der Waals surface area contributed by atoms with E-state index < -0.39 is 17.6 Å². The van der Waals surface area contributed by atoms with Crippen molar-refractivity contribution >= 4 is 10.9 Å². The molecule has 1 N–H and O–H groups in total. The van der Waals surface area contributed by atoms with Crippen molar-refractivity contribution < 1.29 is 22.7 Å². The SMILES string of the molecule is Oc1cnc2c(C(F)(F)F)cc(F)cc2c1. The molecule has 0 aliphatic heterocycles. The van der Waals surface area contributed by atoms with Crippen LogP contribution in [0.1, 0.15) is 5.56 Å². The number of nitrogens with zero attached hydrogens (tertiary/aromatic N) is 1. The Morgan fingerprint density at radius 3 is 2.44 bits per heavy atom. The van der Waals surface area contributed by atoms with E-state index >= 15 is 0 Å². The molecule has 84 valence electrons. The Labute approximate surface area is 87.2 Å². The monoisotopic (exact) mass is 231 g/mol. The van der Waals surface area contributed by atoms with Gasteiger partial charge in [-0.2, -0.15) is 13.2 Å². The Kier molecular flexibility index (Phi) is 2.22. The second-order valence-electron chi connectivity index (χ2n) is 3.22. The number of rotatable bonds is 0. The smallest absolute Gasteiger partial charge is 0.418 e. The van der Waals surface area contributed by atoms with Crippen LogP contribution in [0, 0.1) is 5.82 Å². The third kappa shape index (κ3) is 1.78. The second kappa shape index (κ2) is 3.33. The number of pyridine rings is 1. The normalized spacial score (nSPS) is 12.0. The van der Waals surface area contributed by atoms with E-state index in [1.165, 1.54) is 0 Å². The molecular formula is C10H5F4NO. The molecule has 1 aromatic carbocycles. The van der Waals surface area contributed by atoms with Crippen LogP contribution in [0.25, 0.3) is 10.9 Å². The summed E-state index contributed by atoms with van der Waals surface area (Å²) < 4.78 is 50.5. The van der Waals surface area contributed by atoms with E-state index in [-0.39, 0.29) is 16.7 Å². The van der Waals surface area contributed by atoms with Crippen molar-refractivity contribution in [2.75, 3.05) is 0 Å². The summed E-state index contributed by atoms with van der Waals surface area (Å²) in [7, 11) is 0. The summed E-state index contributed by atoms with van der Waals surface area (Å²) in [5.41, 5.74) is -1.53. The van der Waals surface area contributed by atoms with E-state index in [1.807, 2.05) is 0 Å². The highest BCUT2D eigenvalue weighted by Gasteiger charge is 2.34. The molecule has 1 aromatic heterocycles. The zero-order chi connectivity index (χ0) is 11.9. The van der Waals surface area contributed by atoms with Crippen LogP contribution < -0.4 is 0 Å². The molecule has 2 rings (SSSR count). The predicted molar refractivity (Wildman–Crippen MR) is 48.4 cm³/mol. The Bertz CT molecular complexity index is 545. The Balaban J connectivity index is 2.83. The number of hydrogen-bond acceptors (Lipinski definition) is 2. The third-order valence-corrected chi connectivity index (χ3v) is 2.04. The molecule has 2 aromatic rings. The van der Waals surface area contributed by atoms with Crippen molar-refractivity contribution in [2.45, 2.75) is 6.18 Å². The number of hydrogen-bond donors (Lipinski definition) is 1. The van der Waals surface area contributed by atoms with Crippen molar-refractivity contribution in [3.8, 4) is 5.75 Å². The van der Waals surface area contributed by atoms with Gasteiger partial charge in [-0.1, -0.05) is 0 Å². The third-order valence-electron chi connectivity index (χ3n) is 2.04. The highest BCUT2D eigenvalue weighted by molar-refractivity contribution is 5.83. The summed E-state index contributed by atoms with van der Waals surface area (Å²) in [6.45, 7) is 0. The van der Waals surface area contributed by atoms with E-state index in [4.69, 9.17) is 5.11 Å². The number of fused-ring (bicyclic) bond motifs is 1. The van der Waals surface area contributed by atoms with Gasteiger partial charge in [0, 0.05) is 5.39 Å². The number of benzene rings is 1. The lowest BCUT2D eigenvalue weighted by atomic mass is 10.1. The Hall–Kier alpha value is -1.85. The molecule has 0 fully saturated rings.